The fraction of sp³-hybridized carbons (Fsp3) is 0.375. The van der Waals surface area contributed by atoms with Crippen LogP contribution in [0.3, 0.4) is 0 Å². The molecule has 0 aromatic rings. The lowest BCUT2D eigenvalue weighted by molar-refractivity contribution is -0.154. The number of ether oxygens (including phenoxy) is 1. The van der Waals surface area contributed by atoms with Gasteiger partial charge in [0.1, 0.15) is 0 Å². The molecule has 0 aliphatic heterocycles. The van der Waals surface area contributed by atoms with Crippen molar-refractivity contribution in [1.82, 2.24) is 0 Å². The van der Waals surface area contributed by atoms with Crippen LogP contribution in [0.1, 0.15) is 13.3 Å². The molecule has 0 heterocycles. The van der Waals surface area contributed by atoms with Gasteiger partial charge in [0.2, 0.25) is 0 Å². The van der Waals surface area contributed by atoms with Gasteiger partial charge in [-0.2, -0.15) is 0 Å². The summed E-state index contributed by atoms with van der Waals surface area (Å²) < 4.78 is 4.39. The average molecular weight is 156 g/mol. The molecule has 0 fully saturated rings. The maximum absolute atomic E-state index is 10.9. The van der Waals surface area contributed by atoms with Gasteiger partial charge < -0.3 is 9.84 Å². The Balaban J connectivity index is 4.35. The van der Waals surface area contributed by atoms with Crippen LogP contribution in [0.4, 0.5) is 0 Å². The number of rotatable bonds is 4. The van der Waals surface area contributed by atoms with Crippen molar-refractivity contribution in [3.63, 3.8) is 0 Å². The first-order chi connectivity index (χ1) is 5.10. The average Bonchev–Trinajstić information content (AvgIpc) is 2.03. The van der Waals surface area contributed by atoms with Crippen molar-refractivity contribution in [3.8, 4) is 0 Å². The van der Waals surface area contributed by atoms with Crippen molar-refractivity contribution < 1.29 is 14.6 Å². The van der Waals surface area contributed by atoms with Crippen LogP contribution in [0.5, 0.6) is 0 Å². The second-order valence-electron chi connectivity index (χ2n) is 2.05. The molecular weight excluding hydrogens is 144 g/mol. The molecule has 0 saturated carbocycles. The molecule has 0 radical (unpaired) electrons. The molecule has 11 heavy (non-hydrogen) atoms. The quantitative estimate of drug-likeness (QED) is 0.375. The van der Waals surface area contributed by atoms with E-state index in [1.807, 2.05) is 0 Å². The van der Waals surface area contributed by atoms with Gasteiger partial charge in [-0.25, -0.2) is 4.79 Å². The van der Waals surface area contributed by atoms with E-state index in [0.717, 1.165) is 12.3 Å². The third-order valence-corrected chi connectivity index (χ3v) is 1.42. The fourth-order valence-electron chi connectivity index (χ4n) is 0.550. The van der Waals surface area contributed by atoms with Gasteiger partial charge in [-0.3, -0.25) is 0 Å². The molecule has 1 N–H and O–H groups in total. The minimum absolute atomic E-state index is 0.239. The van der Waals surface area contributed by atoms with Crippen LogP contribution in [0.2, 0.25) is 0 Å². The highest BCUT2D eigenvalue weighted by Gasteiger charge is 2.31. The first kappa shape index (κ1) is 9.91. The summed E-state index contributed by atoms with van der Waals surface area (Å²) >= 11 is 0. The van der Waals surface area contributed by atoms with Gasteiger partial charge in [0, 0.05) is 0 Å². The van der Waals surface area contributed by atoms with Crippen LogP contribution >= 0.6 is 0 Å². The second kappa shape index (κ2) is 3.93. The Morgan fingerprint density at radius 2 is 2.27 bits per heavy atom. The Hall–Kier alpha value is -1.09. The Kier molecular flexibility index (Phi) is 3.54. The molecule has 0 saturated heterocycles. The van der Waals surface area contributed by atoms with E-state index in [2.05, 4.69) is 17.9 Å². The normalized spacial score (nSPS) is 14.7. The van der Waals surface area contributed by atoms with Gasteiger partial charge >= 0.3 is 5.97 Å². The van der Waals surface area contributed by atoms with Crippen LogP contribution in [0.25, 0.3) is 0 Å². The van der Waals surface area contributed by atoms with Gasteiger partial charge in [-0.05, 0) is 12.5 Å². The van der Waals surface area contributed by atoms with Crippen molar-refractivity contribution in [2.45, 2.75) is 18.9 Å². The highest BCUT2D eigenvalue weighted by atomic mass is 16.5. The van der Waals surface area contributed by atoms with Gasteiger partial charge in [0.25, 0.3) is 0 Å². The third kappa shape index (κ3) is 2.20. The van der Waals surface area contributed by atoms with Crippen molar-refractivity contribution in [2.75, 3.05) is 0 Å². The van der Waals surface area contributed by atoms with Gasteiger partial charge in [-0.1, -0.05) is 20.1 Å². The van der Waals surface area contributed by atoms with E-state index in [-0.39, 0.29) is 6.42 Å². The highest BCUT2D eigenvalue weighted by Crippen LogP contribution is 2.12. The number of carbonyl (C=O) groups excluding carboxylic acids is 1. The minimum atomic E-state index is -1.58. The van der Waals surface area contributed by atoms with Gasteiger partial charge in [0.15, 0.2) is 5.60 Å². The van der Waals surface area contributed by atoms with E-state index < -0.39 is 11.6 Å². The molecule has 0 aromatic carbocycles. The van der Waals surface area contributed by atoms with Crippen LogP contribution in [-0.2, 0) is 9.53 Å². The van der Waals surface area contributed by atoms with Crippen molar-refractivity contribution in [1.29, 1.82) is 0 Å². The van der Waals surface area contributed by atoms with Crippen LogP contribution < -0.4 is 0 Å². The molecule has 0 rings (SSSR count). The topological polar surface area (TPSA) is 46.5 Å². The van der Waals surface area contributed by atoms with E-state index >= 15 is 0 Å². The molecule has 0 aliphatic rings. The van der Waals surface area contributed by atoms with Gasteiger partial charge in [0.05, 0.1) is 6.26 Å². The zero-order valence-corrected chi connectivity index (χ0v) is 6.54. The van der Waals surface area contributed by atoms with Crippen molar-refractivity contribution >= 4 is 5.97 Å². The monoisotopic (exact) mass is 156 g/mol. The van der Waals surface area contributed by atoms with Crippen LogP contribution in [-0.4, -0.2) is 16.7 Å². The molecule has 1 unspecified atom stereocenters. The standard InChI is InChI=1S/C8H12O3/c1-4-8(10,5-2)7(9)11-6-3/h4,6,10H,1,3,5H2,2H3. The lowest BCUT2D eigenvalue weighted by Crippen LogP contribution is -2.36. The Morgan fingerprint density at radius 3 is 2.55 bits per heavy atom. The molecule has 0 aromatic heterocycles. The van der Waals surface area contributed by atoms with Crippen LogP contribution in [0, 0.1) is 0 Å². The second-order valence-corrected chi connectivity index (χ2v) is 2.05. The zero-order chi connectivity index (χ0) is 8.91. The minimum Gasteiger partial charge on any atom is -0.433 e. The highest BCUT2D eigenvalue weighted by molar-refractivity contribution is 5.81. The van der Waals surface area contributed by atoms with Crippen molar-refractivity contribution in [2.24, 2.45) is 0 Å². The SMILES string of the molecule is C=COC(=O)C(O)(C=C)CC. The summed E-state index contributed by atoms with van der Waals surface area (Å²) in [6.45, 7) is 8.17. The molecule has 3 heteroatoms. The molecule has 1 atom stereocenters. The Bertz CT molecular complexity index is 174. The van der Waals surface area contributed by atoms with E-state index in [4.69, 9.17) is 0 Å². The number of esters is 1. The van der Waals surface area contributed by atoms with E-state index in [1.54, 1.807) is 6.92 Å². The lowest BCUT2D eigenvalue weighted by atomic mass is 10.0. The zero-order valence-electron chi connectivity index (χ0n) is 6.54. The molecule has 62 valence electrons. The molecule has 0 amide bonds. The summed E-state index contributed by atoms with van der Waals surface area (Å²) in [7, 11) is 0. The molecule has 0 bridgehead atoms. The summed E-state index contributed by atoms with van der Waals surface area (Å²) in [6, 6.07) is 0. The van der Waals surface area contributed by atoms with Gasteiger partial charge in [-0.15, -0.1) is 0 Å². The maximum atomic E-state index is 10.9. The molecule has 0 spiro atoms. The number of hydrogen-bond acceptors (Lipinski definition) is 3. The predicted octanol–water partition coefficient (Wildman–Crippen LogP) is 1.00. The smallest absolute Gasteiger partial charge is 0.346 e. The maximum Gasteiger partial charge on any atom is 0.346 e. The molecular formula is C8H12O3. The fourth-order valence-corrected chi connectivity index (χ4v) is 0.550. The van der Waals surface area contributed by atoms with Crippen molar-refractivity contribution in [3.05, 3.63) is 25.5 Å². The lowest BCUT2D eigenvalue weighted by Gasteiger charge is -2.18. The summed E-state index contributed by atoms with van der Waals surface area (Å²) in [5, 5.41) is 9.39. The van der Waals surface area contributed by atoms with E-state index in [1.165, 1.54) is 0 Å². The summed E-state index contributed by atoms with van der Waals surface area (Å²) in [5.74, 6) is -0.745. The number of carbonyl (C=O) groups is 1. The third-order valence-electron chi connectivity index (χ3n) is 1.42. The predicted molar refractivity (Wildman–Crippen MR) is 41.7 cm³/mol. The van der Waals surface area contributed by atoms with E-state index in [0.29, 0.717) is 0 Å². The largest absolute Gasteiger partial charge is 0.433 e. The number of hydrogen-bond donors (Lipinski definition) is 1. The first-order valence-electron chi connectivity index (χ1n) is 3.28. The number of aliphatic hydroxyl groups is 1. The Labute approximate surface area is 66.0 Å². The van der Waals surface area contributed by atoms with E-state index in [9.17, 15) is 9.90 Å². The Morgan fingerprint density at radius 1 is 1.73 bits per heavy atom. The first-order valence-corrected chi connectivity index (χ1v) is 3.28. The molecule has 3 nitrogen and oxygen atoms in total. The summed E-state index contributed by atoms with van der Waals surface area (Å²) in [6.07, 6.45) is 2.37. The summed E-state index contributed by atoms with van der Waals surface area (Å²) in [4.78, 5) is 10.9. The summed E-state index contributed by atoms with van der Waals surface area (Å²) in [5.41, 5.74) is -1.58. The molecule has 0 aliphatic carbocycles. The van der Waals surface area contributed by atoms with Crippen LogP contribution in [0.15, 0.2) is 25.5 Å².